The predicted molar refractivity (Wildman–Crippen MR) is 58.7 cm³/mol. The van der Waals surface area contributed by atoms with E-state index in [0.717, 1.165) is 22.8 Å². The second-order valence-corrected chi connectivity index (χ2v) is 3.57. The summed E-state index contributed by atoms with van der Waals surface area (Å²) in [4.78, 5) is 4.28. The SMILES string of the molecule is Cc1cc(C)n(-c2cc(CN)ccn2)n1. The van der Waals surface area contributed by atoms with Crippen molar-refractivity contribution in [2.24, 2.45) is 5.73 Å². The van der Waals surface area contributed by atoms with Gasteiger partial charge in [0.2, 0.25) is 0 Å². The van der Waals surface area contributed by atoms with Crippen LogP contribution in [0.25, 0.3) is 5.82 Å². The van der Waals surface area contributed by atoms with Gasteiger partial charge in [0.25, 0.3) is 0 Å². The second kappa shape index (κ2) is 3.82. The molecule has 78 valence electrons. The Bertz CT molecular complexity index is 473. The minimum Gasteiger partial charge on any atom is -0.326 e. The average molecular weight is 202 g/mol. The van der Waals surface area contributed by atoms with Crippen molar-refractivity contribution in [3.05, 3.63) is 41.3 Å². The summed E-state index contributed by atoms with van der Waals surface area (Å²) < 4.78 is 1.83. The van der Waals surface area contributed by atoms with Gasteiger partial charge in [0.05, 0.1) is 5.69 Å². The molecular weight excluding hydrogens is 188 g/mol. The van der Waals surface area contributed by atoms with Gasteiger partial charge >= 0.3 is 0 Å². The zero-order valence-corrected chi connectivity index (χ0v) is 8.94. The van der Waals surface area contributed by atoms with Gasteiger partial charge in [-0.1, -0.05) is 0 Å². The van der Waals surface area contributed by atoms with Crippen molar-refractivity contribution < 1.29 is 0 Å². The topological polar surface area (TPSA) is 56.7 Å². The third-order valence-electron chi connectivity index (χ3n) is 2.27. The summed E-state index contributed by atoms with van der Waals surface area (Å²) in [6, 6.07) is 5.89. The number of nitrogens with two attached hydrogens (primary N) is 1. The van der Waals surface area contributed by atoms with Crippen LogP contribution in [0.2, 0.25) is 0 Å². The molecule has 0 radical (unpaired) electrons. The molecule has 0 atom stereocenters. The van der Waals surface area contributed by atoms with Crippen LogP contribution in [-0.2, 0) is 6.54 Å². The lowest BCUT2D eigenvalue weighted by Crippen LogP contribution is -2.04. The molecule has 0 saturated carbocycles. The lowest BCUT2D eigenvalue weighted by molar-refractivity contribution is 0.802. The molecule has 0 aliphatic heterocycles. The Morgan fingerprint density at radius 1 is 1.33 bits per heavy atom. The maximum Gasteiger partial charge on any atom is 0.153 e. The van der Waals surface area contributed by atoms with Crippen molar-refractivity contribution in [2.75, 3.05) is 0 Å². The molecule has 2 rings (SSSR count). The van der Waals surface area contributed by atoms with Crippen LogP contribution in [0.15, 0.2) is 24.4 Å². The van der Waals surface area contributed by atoms with Gasteiger partial charge in [-0.25, -0.2) is 9.67 Å². The van der Waals surface area contributed by atoms with Gasteiger partial charge in [0.1, 0.15) is 0 Å². The molecule has 0 aromatic carbocycles. The first-order valence-corrected chi connectivity index (χ1v) is 4.89. The standard InChI is InChI=1S/C11H14N4/c1-8-5-9(2)15(14-8)11-6-10(7-12)3-4-13-11/h3-6H,7,12H2,1-2H3. The molecule has 0 bridgehead atoms. The molecule has 0 saturated heterocycles. The van der Waals surface area contributed by atoms with Crippen LogP contribution in [0.4, 0.5) is 0 Å². The lowest BCUT2D eigenvalue weighted by Gasteiger charge is -2.04. The van der Waals surface area contributed by atoms with E-state index in [1.807, 2.05) is 36.7 Å². The Kier molecular flexibility index (Phi) is 2.51. The van der Waals surface area contributed by atoms with E-state index in [2.05, 4.69) is 10.1 Å². The molecule has 2 aromatic heterocycles. The predicted octanol–water partition coefficient (Wildman–Crippen LogP) is 1.34. The molecule has 0 spiro atoms. The smallest absolute Gasteiger partial charge is 0.153 e. The molecule has 2 aromatic rings. The van der Waals surface area contributed by atoms with Crippen LogP contribution in [0.1, 0.15) is 17.0 Å². The summed E-state index contributed by atoms with van der Waals surface area (Å²) in [5.41, 5.74) is 8.72. The van der Waals surface area contributed by atoms with E-state index in [9.17, 15) is 0 Å². The van der Waals surface area contributed by atoms with E-state index in [0.29, 0.717) is 6.54 Å². The van der Waals surface area contributed by atoms with E-state index >= 15 is 0 Å². The highest BCUT2D eigenvalue weighted by atomic mass is 15.3. The van der Waals surface area contributed by atoms with Crippen LogP contribution in [0.3, 0.4) is 0 Å². The minimum absolute atomic E-state index is 0.523. The summed E-state index contributed by atoms with van der Waals surface area (Å²) in [6.45, 7) is 4.50. The van der Waals surface area contributed by atoms with Crippen LogP contribution in [0.5, 0.6) is 0 Å². The average Bonchev–Trinajstić information content (AvgIpc) is 2.58. The highest BCUT2D eigenvalue weighted by molar-refractivity contribution is 5.29. The van der Waals surface area contributed by atoms with Gasteiger partial charge < -0.3 is 5.73 Å². The molecule has 2 heterocycles. The van der Waals surface area contributed by atoms with Crippen LogP contribution >= 0.6 is 0 Å². The Balaban J connectivity index is 2.49. The molecule has 0 fully saturated rings. The summed E-state index contributed by atoms with van der Waals surface area (Å²) in [5.74, 6) is 0.823. The first-order chi connectivity index (χ1) is 7.20. The monoisotopic (exact) mass is 202 g/mol. The summed E-state index contributed by atoms with van der Waals surface area (Å²) in [6.07, 6.45) is 1.76. The number of pyridine rings is 1. The molecule has 4 heteroatoms. The Labute approximate surface area is 88.8 Å². The molecule has 0 aliphatic rings. The molecule has 4 nitrogen and oxygen atoms in total. The quantitative estimate of drug-likeness (QED) is 0.799. The van der Waals surface area contributed by atoms with Crippen LogP contribution < -0.4 is 5.73 Å². The number of nitrogens with zero attached hydrogens (tertiary/aromatic N) is 3. The van der Waals surface area contributed by atoms with E-state index in [1.54, 1.807) is 6.20 Å². The summed E-state index contributed by atoms with van der Waals surface area (Å²) in [5, 5.41) is 4.37. The number of hydrogen-bond acceptors (Lipinski definition) is 3. The van der Waals surface area contributed by atoms with E-state index in [1.165, 1.54) is 0 Å². The molecule has 0 aliphatic carbocycles. The molecule has 15 heavy (non-hydrogen) atoms. The van der Waals surface area contributed by atoms with Crippen LogP contribution in [0, 0.1) is 13.8 Å². The molecule has 0 unspecified atom stereocenters. The van der Waals surface area contributed by atoms with Crippen molar-refractivity contribution in [3.8, 4) is 5.82 Å². The van der Waals surface area contributed by atoms with Crippen LogP contribution in [-0.4, -0.2) is 14.8 Å². The molecular formula is C11H14N4. The normalized spacial score (nSPS) is 10.6. The van der Waals surface area contributed by atoms with E-state index < -0.39 is 0 Å². The van der Waals surface area contributed by atoms with Gasteiger partial charge in [0, 0.05) is 18.4 Å². The Hall–Kier alpha value is -1.68. The van der Waals surface area contributed by atoms with Crippen molar-refractivity contribution in [3.63, 3.8) is 0 Å². The first-order valence-electron chi connectivity index (χ1n) is 4.89. The number of aromatic nitrogens is 3. The van der Waals surface area contributed by atoms with Gasteiger partial charge in [-0.2, -0.15) is 5.10 Å². The zero-order valence-electron chi connectivity index (χ0n) is 8.94. The second-order valence-electron chi connectivity index (χ2n) is 3.57. The fraction of sp³-hybridized carbons (Fsp3) is 0.273. The van der Waals surface area contributed by atoms with Crippen molar-refractivity contribution >= 4 is 0 Å². The summed E-state index contributed by atoms with van der Waals surface area (Å²) in [7, 11) is 0. The zero-order chi connectivity index (χ0) is 10.8. The van der Waals surface area contributed by atoms with E-state index in [4.69, 9.17) is 5.73 Å². The van der Waals surface area contributed by atoms with Crippen molar-refractivity contribution in [1.29, 1.82) is 0 Å². The largest absolute Gasteiger partial charge is 0.326 e. The van der Waals surface area contributed by atoms with Gasteiger partial charge in [0.15, 0.2) is 5.82 Å². The van der Waals surface area contributed by atoms with Crippen molar-refractivity contribution in [2.45, 2.75) is 20.4 Å². The number of rotatable bonds is 2. The molecule has 0 amide bonds. The highest BCUT2D eigenvalue weighted by Gasteiger charge is 2.04. The van der Waals surface area contributed by atoms with Gasteiger partial charge in [-0.05, 0) is 37.6 Å². The molecule has 2 N–H and O–H groups in total. The number of aryl methyl sites for hydroxylation is 2. The maximum atomic E-state index is 5.58. The van der Waals surface area contributed by atoms with Gasteiger partial charge in [-0.15, -0.1) is 0 Å². The third kappa shape index (κ3) is 1.89. The lowest BCUT2D eigenvalue weighted by atomic mass is 10.2. The Morgan fingerprint density at radius 2 is 2.13 bits per heavy atom. The maximum absolute atomic E-state index is 5.58. The number of hydrogen-bond donors (Lipinski definition) is 1. The highest BCUT2D eigenvalue weighted by Crippen LogP contribution is 2.10. The fourth-order valence-corrected chi connectivity index (χ4v) is 1.56. The van der Waals surface area contributed by atoms with Crippen molar-refractivity contribution in [1.82, 2.24) is 14.8 Å². The Morgan fingerprint density at radius 3 is 2.73 bits per heavy atom. The van der Waals surface area contributed by atoms with Gasteiger partial charge in [-0.3, -0.25) is 0 Å². The first kappa shape index (κ1) is 9.86. The van der Waals surface area contributed by atoms with E-state index in [-0.39, 0.29) is 0 Å². The third-order valence-corrected chi connectivity index (χ3v) is 2.27. The fourth-order valence-electron chi connectivity index (χ4n) is 1.56. The summed E-state index contributed by atoms with van der Waals surface area (Å²) >= 11 is 0. The minimum atomic E-state index is 0.523.